The molecule has 0 spiro atoms. The first-order chi connectivity index (χ1) is 16.3. The molecule has 34 heavy (non-hydrogen) atoms. The van der Waals surface area contributed by atoms with Crippen LogP contribution in [0.4, 0.5) is 0 Å². The number of carbonyl (C=O) groups excluding carboxylic acids is 2. The smallest absolute Gasteiger partial charge is 0.338 e. The average Bonchev–Trinajstić information content (AvgIpc) is 3.13. The number of rotatable bonds is 5. The minimum atomic E-state index is -0.659. The lowest BCUT2D eigenvalue weighted by atomic mass is 9.96. The number of benzene rings is 2. The maximum absolute atomic E-state index is 13.5. The Kier molecular flexibility index (Phi) is 6.47. The van der Waals surface area contributed by atoms with E-state index in [0.29, 0.717) is 31.9 Å². The molecule has 1 aliphatic rings. The first-order valence-corrected chi connectivity index (χ1v) is 11.2. The van der Waals surface area contributed by atoms with Gasteiger partial charge in [-0.2, -0.15) is 0 Å². The van der Waals surface area contributed by atoms with E-state index >= 15 is 0 Å². The number of aromatic nitrogens is 1. The van der Waals surface area contributed by atoms with Gasteiger partial charge in [-0.15, -0.1) is 0 Å². The van der Waals surface area contributed by atoms with Crippen LogP contribution in [-0.4, -0.2) is 30.7 Å². The van der Waals surface area contributed by atoms with Crippen molar-refractivity contribution in [1.29, 1.82) is 0 Å². The number of hydrogen-bond donors (Lipinski definition) is 0. The molecule has 0 amide bonds. The first kappa shape index (κ1) is 23.2. The third-order valence-electron chi connectivity index (χ3n) is 5.28. The van der Waals surface area contributed by atoms with Crippen molar-refractivity contribution in [3.8, 4) is 11.5 Å². The maximum atomic E-state index is 13.5. The molecule has 2 heterocycles. The van der Waals surface area contributed by atoms with E-state index in [-0.39, 0.29) is 11.3 Å². The summed E-state index contributed by atoms with van der Waals surface area (Å²) in [5, 5.41) is 0. The monoisotopic (exact) mass is 478 g/mol. The quantitative estimate of drug-likeness (QED) is 0.413. The molecule has 0 fully saturated rings. The van der Waals surface area contributed by atoms with Crippen LogP contribution in [-0.2, 0) is 14.3 Å². The van der Waals surface area contributed by atoms with Crippen molar-refractivity contribution in [3.63, 3.8) is 0 Å². The summed E-state index contributed by atoms with van der Waals surface area (Å²) in [7, 11) is 2.78. The predicted octanol–water partition coefficient (Wildman–Crippen LogP) is 2.34. The molecule has 0 radical (unpaired) electrons. The number of carbonyl (C=O) groups is 2. The molecule has 0 saturated heterocycles. The largest absolute Gasteiger partial charge is 0.493 e. The van der Waals surface area contributed by atoms with Gasteiger partial charge in [0.15, 0.2) is 16.3 Å². The number of ether oxygens (including phenoxy) is 3. The number of methoxy groups -OCH3 is 2. The number of allylic oxidation sites excluding steroid dienone is 1. The van der Waals surface area contributed by atoms with Gasteiger partial charge in [-0.25, -0.2) is 9.79 Å². The van der Waals surface area contributed by atoms with Crippen molar-refractivity contribution in [3.05, 3.63) is 90.6 Å². The topological polar surface area (TPSA) is 96.2 Å². The number of nitrogens with zero attached hydrogens (tertiary/aromatic N) is 2. The SMILES string of the molecule is COC(=O)C1=C(C)N=c2s/c(=C\c3ccc(OC(C)=O)c(OC)c3)c(=O)n2C1c1ccccc1. The molecule has 1 unspecified atom stereocenters. The van der Waals surface area contributed by atoms with Gasteiger partial charge in [0.05, 0.1) is 36.1 Å². The van der Waals surface area contributed by atoms with Gasteiger partial charge in [-0.05, 0) is 36.3 Å². The second kappa shape index (κ2) is 9.48. The van der Waals surface area contributed by atoms with Crippen molar-refractivity contribution in [2.45, 2.75) is 19.9 Å². The van der Waals surface area contributed by atoms with Gasteiger partial charge in [0.2, 0.25) is 0 Å². The van der Waals surface area contributed by atoms with E-state index in [2.05, 4.69) is 4.99 Å². The number of hydrogen-bond acceptors (Lipinski definition) is 8. The first-order valence-electron chi connectivity index (χ1n) is 10.4. The highest BCUT2D eigenvalue weighted by Gasteiger charge is 2.32. The van der Waals surface area contributed by atoms with E-state index in [4.69, 9.17) is 14.2 Å². The Bertz CT molecular complexity index is 1480. The van der Waals surface area contributed by atoms with Gasteiger partial charge in [0.25, 0.3) is 5.56 Å². The predicted molar refractivity (Wildman–Crippen MR) is 127 cm³/mol. The third kappa shape index (κ3) is 4.29. The van der Waals surface area contributed by atoms with Crippen LogP contribution in [0, 0.1) is 0 Å². The third-order valence-corrected chi connectivity index (χ3v) is 6.26. The lowest BCUT2D eigenvalue weighted by Crippen LogP contribution is -2.39. The van der Waals surface area contributed by atoms with Crippen molar-refractivity contribution in [2.75, 3.05) is 14.2 Å². The van der Waals surface area contributed by atoms with Gasteiger partial charge in [0.1, 0.15) is 0 Å². The van der Waals surface area contributed by atoms with Gasteiger partial charge in [-0.3, -0.25) is 14.2 Å². The summed E-state index contributed by atoms with van der Waals surface area (Å²) in [6.07, 6.45) is 1.71. The van der Waals surface area contributed by atoms with Crippen LogP contribution >= 0.6 is 11.3 Å². The standard InChI is InChI=1S/C25H22N2O6S/c1-14-21(24(30)32-4)22(17-8-6-5-7-9-17)27-23(29)20(34-25(27)26-14)13-16-10-11-18(33-15(2)28)19(12-16)31-3/h5-13,22H,1-4H3/b20-13-. The summed E-state index contributed by atoms with van der Waals surface area (Å²) in [5.74, 6) is -0.342. The fourth-order valence-electron chi connectivity index (χ4n) is 3.81. The summed E-state index contributed by atoms with van der Waals surface area (Å²) in [4.78, 5) is 42.5. The summed E-state index contributed by atoms with van der Waals surface area (Å²) in [6.45, 7) is 3.04. The van der Waals surface area contributed by atoms with Crippen LogP contribution in [0.1, 0.15) is 31.0 Å². The Hall–Kier alpha value is -3.98. The molecular weight excluding hydrogens is 456 g/mol. The number of esters is 2. The molecule has 1 aliphatic heterocycles. The molecule has 0 bridgehead atoms. The molecule has 0 saturated carbocycles. The second-order valence-corrected chi connectivity index (χ2v) is 8.50. The summed E-state index contributed by atoms with van der Waals surface area (Å²) < 4.78 is 17.4. The second-order valence-electron chi connectivity index (χ2n) is 7.49. The van der Waals surface area contributed by atoms with Crippen LogP contribution < -0.4 is 24.4 Å². The van der Waals surface area contributed by atoms with Crippen LogP contribution in [0.2, 0.25) is 0 Å². The molecule has 3 aromatic rings. The fraction of sp³-hybridized carbons (Fsp3) is 0.200. The molecule has 0 aliphatic carbocycles. The summed E-state index contributed by atoms with van der Waals surface area (Å²) in [6, 6.07) is 13.6. The van der Waals surface area contributed by atoms with Crippen LogP contribution in [0.15, 0.2) is 69.6 Å². The maximum Gasteiger partial charge on any atom is 0.338 e. The lowest BCUT2D eigenvalue weighted by molar-refractivity contribution is -0.136. The Labute approximate surface area is 199 Å². The van der Waals surface area contributed by atoms with Gasteiger partial charge in [-0.1, -0.05) is 47.7 Å². The summed E-state index contributed by atoms with van der Waals surface area (Å²) >= 11 is 1.22. The van der Waals surface area contributed by atoms with E-state index < -0.39 is 18.0 Å². The zero-order valence-electron chi connectivity index (χ0n) is 19.0. The van der Waals surface area contributed by atoms with Gasteiger partial charge >= 0.3 is 11.9 Å². The minimum absolute atomic E-state index is 0.283. The van der Waals surface area contributed by atoms with E-state index in [1.165, 1.54) is 37.0 Å². The molecule has 1 atom stereocenters. The fourth-order valence-corrected chi connectivity index (χ4v) is 4.85. The van der Waals surface area contributed by atoms with Crippen LogP contribution in [0.25, 0.3) is 6.08 Å². The molecule has 1 aromatic heterocycles. The van der Waals surface area contributed by atoms with E-state index in [1.54, 1.807) is 31.2 Å². The molecule has 174 valence electrons. The van der Waals surface area contributed by atoms with E-state index in [1.807, 2.05) is 30.3 Å². The molecule has 4 rings (SSSR count). The minimum Gasteiger partial charge on any atom is -0.493 e. The normalized spacial score (nSPS) is 15.4. The van der Waals surface area contributed by atoms with Crippen LogP contribution in [0.3, 0.4) is 0 Å². The van der Waals surface area contributed by atoms with E-state index in [9.17, 15) is 14.4 Å². The highest BCUT2D eigenvalue weighted by Crippen LogP contribution is 2.31. The Morgan fingerprint density at radius 2 is 1.82 bits per heavy atom. The molecule has 8 nitrogen and oxygen atoms in total. The number of thiazole rings is 1. The van der Waals surface area contributed by atoms with Crippen molar-refractivity contribution >= 4 is 29.4 Å². The Balaban J connectivity index is 1.89. The Morgan fingerprint density at radius 3 is 2.47 bits per heavy atom. The molecular formula is C25H22N2O6S. The number of fused-ring (bicyclic) bond motifs is 1. The lowest BCUT2D eigenvalue weighted by Gasteiger charge is -2.24. The molecule has 9 heteroatoms. The van der Waals surface area contributed by atoms with Gasteiger partial charge in [0, 0.05) is 6.92 Å². The highest BCUT2D eigenvalue weighted by atomic mass is 32.1. The van der Waals surface area contributed by atoms with Crippen molar-refractivity contribution in [1.82, 2.24) is 4.57 Å². The highest BCUT2D eigenvalue weighted by molar-refractivity contribution is 7.07. The summed E-state index contributed by atoms with van der Waals surface area (Å²) in [5.41, 5.74) is 1.99. The van der Waals surface area contributed by atoms with Crippen LogP contribution in [0.5, 0.6) is 11.5 Å². The zero-order chi connectivity index (χ0) is 24.4. The zero-order valence-corrected chi connectivity index (χ0v) is 19.8. The average molecular weight is 479 g/mol. The van der Waals surface area contributed by atoms with Crippen molar-refractivity contribution in [2.24, 2.45) is 4.99 Å². The Morgan fingerprint density at radius 1 is 1.09 bits per heavy atom. The molecule has 2 aromatic carbocycles. The van der Waals surface area contributed by atoms with E-state index in [0.717, 1.165) is 5.56 Å². The molecule has 0 N–H and O–H groups in total. The van der Waals surface area contributed by atoms with Crippen molar-refractivity contribution < 1.29 is 23.8 Å². The van der Waals surface area contributed by atoms with Gasteiger partial charge < -0.3 is 14.2 Å².